The maximum atomic E-state index is 12.3. The Morgan fingerprint density at radius 2 is 1.70 bits per heavy atom. The third kappa shape index (κ3) is 5.91. The Bertz CT molecular complexity index is 786. The Morgan fingerprint density at radius 3 is 2.33 bits per heavy atom. The number of hydrogen-bond donors (Lipinski definition) is 1. The first-order chi connectivity index (χ1) is 12.8. The van der Waals surface area contributed by atoms with Gasteiger partial charge in [-0.3, -0.25) is 4.79 Å². The number of nitrogens with one attached hydrogen (secondary N) is 1. The summed E-state index contributed by atoms with van der Waals surface area (Å²) in [6.07, 6.45) is -0.523. The highest BCUT2D eigenvalue weighted by molar-refractivity contribution is 5.80. The first-order valence-electron chi connectivity index (χ1n) is 9.15. The van der Waals surface area contributed by atoms with Crippen LogP contribution < -0.4 is 19.5 Å². The van der Waals surface area contributed by atoms with Crippen molar-refractivity contribution in [2.24, 2.45) is 0 Å². The summed E-state index contributed by atoms with van der Waals surface area (Å²) >= 11 is 0. The standard InChI is InChI=1S/C22H29NO4/c1-14(2)26-20-10-8-18(12-21(20)25-6)13-23-22(24)17(5)27-19-9-7-15(3)16(4)11-19/h7-12,14,17H,13H2,1-6H3,(H,23,24). The molecule has 0 heterocycles. The maximum absolute atomic E-state index is 12.3. The number of carbonyl (C=O) groups is 1. The van der Waals surface area contributed by atoms with Crippen LogP contribution in [0.5, 0.6) is 17.2 Å². The molecule has 2 rings (SSSR count). The van der Waals surface area contributed by atoms with E-state index in [1.165, 1.54) is 5.56 Å². The fourth-order valence-corrected chi connectivity index (χ4v) is 2.55. The molecule has 0 radical (unpaired) electrons. The van der Waals surface area contributed by atoms with Crippen molar-refractivity contribution in [3.63, 3.8) is 0 Å². The molecular weight excluding hydrogens is 342 g/mol. The first kappa shape index (κ1) is 20.6. The van der Waals surface area contributed by atoms with Crippen molar-refractivity contribution in [2.45, 2.75) is 53.4 Å². The van der Waals surface area contributed by atoms with Crippen LogP contribution in [-0.4, -0.2) is 25.2 Å². The number of aryl methyl sites for hydroxylation is 2. The number of methoxy groups -OCH3 is 1. The summed E-state index contributed by atoms with van der Waals surface area (Å²) in [5, 5.41) is 2.90. The summed E-state index contributed by atoms with van der Waals surface area (Å²) in [7, 11) is 1.60. The highest BCUT2D eigenvalue weighted by Gasteiger charge is 2.15. The smallest absolute Gasteiger partial charge is 0.261 e. The number of benzene rings is 2. The van der Waals surface area contributed by atoms with E-state index in [1.54, 1.807) is 14.0 Å². The van der Waals surface area contributed by atoms with E-state index in [-0.39, 0.29) is 12.0 Å². The van der Waals surface area contributed by atoms with Crippen LogP contribution >= 0.6 is 0 Å². The topological polar surface area (TPSA) is 56.8 Å². The molecule has 0 bridgehead atoms. The van der Waals surface area contributed by atoms with Crippen LogP contribution in [0.15, 0.2) is 36.4 Å². The second-order valence-corrected chi connectivity index (χ2v) is 6.88. The van der Waals surface area contributed by atoms with Crippen molar-refractivity contribution in [1.29, 1.82) is 0 Å². The SMILES string of the molecule is COc1cc(CNC(=O)C(C)Oc2ccc(C)c(C)c2)ccc1OC(C)C. The molecule has 5 heteroatoms. The number of hydrogen-bond acceptors (Lipinski definition) is 4. The first-order valence-corrected chi connectivity index (χ1v) is 9.15. The third-order valence-electron chi connectivity index (χ3n) is 4.22. The van der Waals surface area contributed by atoms with Crippen molar-refractivity contribution in [3.05, 3.63) is 53.1 Å². The van der Waals surface area contributed by atoms with Gasteiger partial charge in [0.25, 0.3) is 5.91 Å². The van der Waals surface area contributed by atoms with Crippen molar-refractivity contribution >= 4 is 5.91 Å². The summed E-state index contributed by atoms with van der Waals surface area (Å²) in [5.74, 6) is 1.86. The lowest BCUT2D eigenvalue weighted by molar-refractivity contribution is -0.127. The average Bonchev–Trinajstić information content (AvgIpc) is 2.63. The summed E-state index contributed by atoms with van der Waals surface area (Å²) in [4.78, 5) is 12.3. The van der Waals surface area contributed by atoms with Crippen molar-refractivity contribution in [1.82, 2.24) is 5.32 Å². The van der Waals surface area contributed by atoms with E-state index in [2.05, 4.69) is 5.32 Å². The molecule has 0 spiro atoms. The lowest BCUT2D eigenvalue weighted by atomic mass is 10.1. The van der Waals surface area contributed by atoms with Gasteiger partial charge >= 0.3 is 0 Å². The molecule has 0 aliphatic rings. The van der Waals surface area contributed by atoms with Crippen molar-refractivity contribution in [3.8, 4) is 17.2 Å². The minimum absolute atomic E-state index is 0.0628. The zero-order valence-electron chi connectivity index (χ0n) is 17.0. The Morgan fingerprint density at radius 1 is 0.963 bits per heavy atom. The van der Waals surface area contributed by atoms with Gasteiger partial charge in [-0.1, -0.05) is 12.1 Å². The molecule has 0 aliphatic heterocycles. The Hall–Kier alpha value is -2.69. The van der Waals surface area contributed by atoms with Crippen molar-refractivity contribution < 1.29 is 19.0 Å². The van der Waals surface area contributed by atoms with Gasteiger partial charge in [-0.15, -0.1) is 0 Å². The number of ether oxygens (including phenoxy) is 3. The second kappa shape index (κ2) is 9.31. The van der Waals surface area contributed by atoms with E-state index in [4.69, 9.17) is 14.2 Å². The largest absolute Gasteiger partial charge is 0.493 e. The van der Waals surface area contributed by atoms with Crippen LogP contribution in [0, 0.1) is 13.8 Å². The molecule has 146 valence electrons. The molecule has 1 atom stereocenters. The fraction of sp³-hybridized carbons (Fsp3) is 0.409. The highest BCUT2D eigenvalue weighted by Crippen LogP contribution is 2.29. The molecule has 0 saturated heterocycles. The Balaban J connectivity index is 1.94. The number of carbonyl (C=O) groups excluding carboxylic acids is 1. The van der Waals surface area contributed by atoms with Gasteiger partial charge in [0.15, 0.2) is 17.6 Å². The minimum Gasteiger partial charge on any atom is -0.493 e. The van der Waals surface area contributed by atoms with Gasteiger partial charge in [0.05, 0.1) is 13.2 Å². The van der Waals surface area contributed by atoms with Crippen LogP contribution in [-0.2, 0) is 11.3 Å². The minimum atomic E-state index is -0.586. The molecule has 1 N–H and O–H groups in total. The predicted octanol–water partition coefficient (Wildman–Crippen LogP) is 4.18. The molecule has 0 aromatic heterocycles. The molecule has 0 saturated carbocycles. The monoisotopic (exact) mass is 371 g/mol. The van der Waals surface area contributed by atoms with Crippen LogP contribution in [0.1, 0.15) is 37.5 Å². The normalized spacial score (nSPS) is 11.8. The van der Waals surface area contributed by atoms with Gasteiger partial charge in [-0.2, -0.15) is 0 Å². The van der Waals surface area contributed by atoms with Gasteiger partial charge in [-0.25, -0.2) is 0 Å². The third-order valence-corrected chi connectivity index (χ3v) is 4.22. The zero-order chi connectivity index (χ0) is 20.0. The fourth-order valence-electron chi connectivity index (χ4n) is 2.55. The van der Waals surface area contributed by atoms with E-state index in [0.717, 1.165) is 11.1 Å². The number of amides is 1. The quantitative estimate of drug-likeness (QED) is 0.756. The highest BCUT2D eigenvalue weighted by atomic mass is 16.5. The predicted molar refractivity (Wildman–Crippen MR) is 107 cm³/mol. The zero-order valence-corrected chi connectivity index (χ0v) is 17.0. The van der Waals surface area contributed by atoms with Crippen LogP contribution in [0.25, 0.3) is 0 Å². The van der Waals surface area contributed by atoms with E-state index >= 15 is 0 Å². The van der Waals surface area contributed by atoms with Gasteiger partial charge in [-0.05, 0) is 75.6 Å². The van der Waals surface area contributed by atoms with Crippen LogP contribution in [0.2, 0.25) is 0 Å². The summed E-state index contributed by atoms with van der Waals surface area (Å²) in [6, 6.07) is 11.4. The Kier molecular flexibility index (Phi) is 7.11. The molecule has 27 heavy (non-hydrogen) atoms. The average molecular weight is 371 g/mol. The lowest BCUT2D eigenvalue weighted by Gasteiger charge is -2.17. The molecule has 0 fully saturated rings. The van der Waals surface area contributed by atoms with Gasteiger partial charge in [0.1, 0.15) is 5.75 Å². The van der Waals surface area contributed by atoms with E-state index < -0.39 is 6.10 Å². The maximum Gasteiger partial charge on any atom is 0.261 e. The molecule has 2 aromatic rings. The summed E-state index contributed by atoms with van der Waals surface area (Å²) in [6.45, 7) is 10.1. The van der Waals surface area contributed by atoms with Gasteiger partial charge < -0.3 is 19.5 Å². The lowest BCUT2D eigenvalue weighted by Crippen LogP contribution is -2.35. The van der Waals surface area contributed by atoms with Gasteiger partial charge in [0.2, 0.25) is 0 Å². The molecule has 1 unspecified atom stereocenters. The Labute approximate surface area is 161 Å². The second-order valence-electron chi connectivity index (χ2n) is 6.88. The van der Waals surface area contributed by atoms with Crippen molar-refractivity contribution in [2.75, 3.05) is 7.11 Å². The van der Waals surface area contributed by atoms with E-state index in [1.807, 2.05) is 64.1 Å². The van der Waals surface area contributed by atoms with Gasteiger partial charge in [0, 0.05) is 6.54 Å². The van der Waals surface area contributed by atoms with E-state index in [9.17, 15) is 4.79 Å². The molecule has 2 aromatic carbocycles. The van der Waals surface area contributed by atoms with E-state index in [0.29, 0.717) is 23.8 Å². The van der Waals surface area contributed by atoms with Crippen LogP contribution in [0.4, 0.5) is 0 Å². The molecular formula is C22H29NO4. The van der Waals surface area contributed by atoms with Crippen LogP contribution in [0.3, 0.4) is 0 Å². The molecule has 0 aliphatic carbocycles. The summed E-state index contributed by atoms with van der Waals surface area (Å²) in [5.41, 5.74) is 3.25. The molecule has 5 nitrogen and oxygen atoms in total. The summed E-state index contributed by atoms with van der Waals surface area (Å²) < 4.78 is 16.8. The number of rotatable bonds is 8. The molecule has 1 amide bonds.